The van der Waals surface area contributed by atoms with Crippen molar-refractivity contribution in [1.29, 1.82) is 0 Å². The Kier molecular flexibility index (Phi) is 4.74. The van der Waals surface area contributed by atoms with Gasteiger partial charge in [-0.25, -0.2) is 4.39 Å². The summed E-state index contributed by atoms with van der Waals surface area (Å²) in [7, 11) is 0. The Bertz CT molecular complexity index is 742. The summed E-state index contributed by atoms with van der Waals surface area (Å²) in [5, 5.41) is 6.71. The van der Waals surface area contributed by atoms with Crippen molar-refractivity contribution in [3.63, 3.8) is 0 Å². The number of nitrogens with one attached hydrogen (secondary N) is 1. The summed E-state index contributed by atoms with van der Waals surface area (Å²) in [6, 6.07) is 13.0. The topological polar surface area (TPSA) is 59.9 Å². The molecule has 0 aliphatic carbocycles. The van der Waals surface area contributed by atoms with Crippen molar-refractivity contribution < 1.29 is 18.8 Å². The van der Waals surface area contributed by atoms with Crippen molar-refractivity contribution in [3.8, 4) is 5.75 Å². The first-order valence-electron chi connectivity index (χ1n) is 7.68. The summed E-state index contributed by atoms with van der Waals surface area (Å²) < 4.78 is 18.3. The highest BCUT2D eigenvalue weighted by Gasteiger charge is 2.28. The van der Waals surface area contributed by atoms with Crippen molar-refractivity contribution in [1.82, 2.24) is 0 Å². The predicted molar refractivity (Wildman–Crippen MR) is 88.7 cm³/mol. The maximum atomic E-state index is 13.0. The highest BCUT2D eigenvalue weighted by molar-refractivity contribution is 6.06. The van der Waals surface area contributed by atoms with Gasteiger partial charge in [-0.1, -0.05) is 17.3 Å². The van der Waals surface area contributed by atoms with Gasteiger partial charge in [0, 0.05) is 12.1 Å². The van der Waals surface area contributed by atoms with E-state index in [2.05, 4.69) is 10.5 Å². The molecule has 1 atom stereocenters. The molecule has 1 N–H and O–H groups in total. The molecular formula is C18H17FN2O3. The maximum Gasteiger partial charge on any atom is 0.268 e. The van der Waals surface area contributed by atoms with E-state index in [0.29, 0.717) is 24.4 Å². The monoisotopic (exact) mass is 328 g/mol. The molecule has 0 saturated heterocycles. The molecule has 3 rings (SSSR count). The Morgan fingerprint density at radius 2 is 1.96 bits per heavy atom. The van der Waals surface area contributed by atoms with Crippen molar-refractivity contribution in [2.45, 2.75) is 19.4 Å². The Morgan fingerprint density at radius 1 is 1.25 bits per heavy atom. The van der Waals surface area contributed by atoms with Crippen LogP contribution >= 0.6 is 0 Å². The number of rotatable bonds is 5. The molecule has 0 radical (unpaired) electrons. The highest BCUT2D eigenvalue weighted by Crippen LogP contribution is 2.20. The van der Waals surface area contributed by atoms with Gasteiger partial charge in [-0.2, -0.15) is 0 Å². The van der Waals surface area contributed by atoms with Crippen molar-refractivity contribution in [2.75, 3.05) is 11.9 Å². The van der Waals surface area contributed by atoms with E-state index in [4.69, 9.17) is 9.57 Å². The quantitative estimate of drug-likeness (QED) is 0.915. The van der Waals surface area contributed by atoms with Crippen LogP contribution in [0.3, 0.4) is 0 Å². The zero-order chi connectivity index (χ0) is 16.9. The summed E-state index contributed by atoms with van der Waals surface area (Å²) in [6.07, 6.45) is -0.356. The van der Waals surface area contributed by atoms with Crippen LogP contribution in [0.1, 0.15) is 18.9 Å². The number of carbonyl (C=O) groups is 1. The molecule has 0 fully saturated rings. The number of halogens is 1. The van der Waals surface area contributed by atoms with E-state index in [1.165, 1.54) is 12.1 Å². The second kappa shape index (κ2) is 7.12. The van der Waals surface area contributed by atoms with Crippen LogP contribution in [-0.4, -0.2) is 24.3 Å². The van der Waals surface area contributed by atoms with Gasteiger partial charge < -0.3 is 14.9 Å². The van der Waals surface area contributed by atoms with E-state index in [1.54, 1.807) is 36.4 Å². The number of benzene rings is 2. The number of hydrogen-bond acceptors (Lipinski definition) is 4. The number of carbonyl (C=O) groups excluding carboxylic acids is 1. The van der Waals surface area contributed by atoms with E-state index < -0.39 is 6.10 Å². The first kappa shape index (κ1) is 16.0. The third-order valence-corrected chi connectivity index (χ3v) is 3.57. The van der Waals surface area contributed by atoms with Crippen LogP contribution in [0.5, 0.6) is 5.75 Å². The van der Waals surface area contributed by atoms with Gasteiger partial charge in [0.05, 0.1) is 12.3 Å². The SMILES string of the molecule is CCOc1ccc(NC(=O)C2CC(c3ccc(F)cc3)=NO2)cc1. The molecule has 1 heterocycles. The minimum Gasteiger partial charge on any atom is -0.494 e. The Labute approximate surface area is 139 Å². The number of anilines is 1. The van der Waals surface area contributed by atoms with E-state index >= 15 is 0 Å². The summed E-state index contributed by atoms with van der Waals surface area (Å²) in [4.78, 5) is 17.5. The van der Waals surface area contributed by atoms with Gasteiger partial charge >= 0.3 is 0 Å². The molecule has 2 aromatic rings. The fourth-order valence-corrected chi connectivity index (χ4v) is 2.35. The summed E-state index contributed by atoms with van der Waals surface area (Å²) in [5.41, 5.74) is 2.02. The third kappa shape index (κ3) is 3.71. The first-order chi connectivity index (χ1) is 11.7. The zero-order valence-corrected chi connectivity index (χ0v) is 13.2. The lowest BCUT2D eigenvalue weighted by Gasteiger charge is -2.10. The van der Waals surface area contributed by atoms with Crippen LogP contribution in [0.4, 0.5) is 10.1 Å². The van der Waals surface area contributed by atoms with Crippen LogP contribution in [0.25, 0.3) is 0 Å². The van der Waals surface area contributed by atoms with Crippen LogP contribution in [0.2, 0.25) is 0 Å². The summed E-state index contributed by atoms with van der Waals surface area (Å²) in [5.74, 6) is 0.151. The standard InChI is InChI=1S/C18H17FN2O3/c1-2-23-15-9-7-14(8-10-15)20-18(22)17-11-16(21-24-17)12-3-5-13(19)6-4-12/h3-10,17H,2,11H2,1H3,(H,20,22). The second-order valence-electron chi connectivity index (χ2n) is 5.29. The van der Waals surface area contributed by atoms with Gasteiger partial charge in [-0.3, -0.25) is 4.79 Å². The smallest absolute Gasteiger partial charge is 0.268 e. The minimum atomic E-state index is -0.698. The lowest BCUT2D eigenvalue weighted by molar-refractivity contribution is -0.125. The molecule has 0 saturated carbocycles. The summed E-state index contributed by atoms with van der Waals surface area (Å²) >= 11 is 0. The number of ether oxygens (including phenoxy) is 1. The van der Waals surface area contributed by atoms with Crippen LogP contribution in [-0.2, 0) is 9.63 Å². The molecule has 2 aromatic carbocycles. The average molecular weight is 328 g/mol. The van der Waals surface area contributed by atoms with E-state index in [9.17, 15) is 9.18 Å². The molecule has 0 bridgehead atoms. The number of hydrogen-bond donors (Lipinski definition) is 1. The molecule has 124 valence electrons. The molecule has 5 nitrogen and oxygen atoms in total. The van der Waals surface area contributed by atoms with Gasteiger partial charge in [0.25, 0.3) is 5.91 Å². The number of oxime groups is 1. The van der Waals surface area contributed by atoms with Gasteiger partial charge in [0.15, 0.2) is 0 Å². The molecular weight excluding hydrogens is 311 g/mol. The molecule has 0 aromatic heterocycles. The Morgan fingerprint density at radius 3 is 2.62 bits per heavy atom. The molecule has 24 heavy (non-hydrogen) atoms. The van der Waals surface area contributed by atoms with E-state index in [1.807, 2.05) is 6.92 Å². The highest BCUT2D eigenvalue weighted by atomic mass is 19.1. The molecule has 1 unspecified atom stereocenters. The van der Waals surface area contributed by atoms with Gasteiger partial charge in [0.2, 0.25) is 6.10 Å². The third-order valence-electron chi connectivity index (χ3n) is 3.57. The van der Waals surface area contributed by atoms with Gasteiger partial charge in [-0.05, 0) is 48.9 Å². The Hall–Kier alpha value is -2.89. The van der Waals surface area contributed by atoms with Crippen molar-refractivity contribution in [3.05, 3.63) is 59.9 Å². The normalized spacial score (nSPS) is 16.2. The fraction of sp³-hybridized carbons (Fsp3) is 0.222. The van der Waals surface area contributed by atoms with Gasteiger partial charge in [0.1, 0.15) is 11.6 Å². The van der Waals surface area contributed by atoms with E-state index in [-0.39, 0.29) is 11.7 Å². The predicted octanol–water partition coefficient (Wildman–Crippen LogP) is 3.36. The fourth-order valence-electron chi connectivity index (χ4n) is 2.35. The van der Waals surface area contributed by atoms with Crippen LogP contribution in [0.15, 0.2) is 53.7 Å². The molecule has 1 aliphatic rings. The maximum absolute atomic E-state index is 13.0. The van der Waals surface area contributed by atoms with E-state index in [0.717, 1.165) is 11.3 Å². The van der Waals surface area contributed by atoms with Crippen LogP contribution < -0.4 is 10.1 Å². The second-order valence-corrected chi connectivity index (χ2v) is 5.29. The van der Waals surface area contributed by atoms with Crippen molar-refractivity contribution >= 4 is 17.3 Å². The summed E-state index contributed by atoms with van der Waals surface area (Å²) in [6.45, 7) is 2.50. The number of nitrogens with zero attached hydrogens (tertiary/aromatic N) is 1. The lowest BCUT2D eigenvalue weighted by Crippen LogP contribution is -2.28. The molecule has 1 aliphatic heterocycles. The van der Waals surface area contributed by atoms with Crippen LogP contribution in [0, 0.1) is 5.82 Å². The zero-order valence-electron chi connectivity index (χ0n) is 13.2. The lowest BCUT2D eigenvalue weighted by atomic mass is 10.0. The Balaban J connectivity index is 1.58. The van der Waals surface area contributed by atoms with Crippen molar-refractivity contribution in [2.24, 2.45) is 5.16 Å². The minimum absolute atomic E-state index is 0.278. The largest absolute Gasteiger partial charge is 0.494 e. The van der Waals surface area contributed by atoms with Gasteiger partial charge in [-0.15, -0.1) is 0 Å². The first-order valence-corrected chi connectivity index (χ1v) is 7.68. The molecule has 6 heteroatoms. The average Bonchev–Trinajstić information content (AvgIpc) is 3.08. The molecule has 1 amide bonds. The number of amides is 1. The molecule has 0 spiro atoms.